The molecule has 0 saturated heterocycles. The molecule has 0 rings (SSSR count). The third kappa shape index (κ3) is 50.7. The molecule has 0 amide bonds. The molecule has 41 heavy (non-hydrogen) atoms. The predicted octanol–water partition coefficient (Wildman–Crippen LogP) is 11.8. The molecule has 0 saturated carbocycles. The van der Waals surface area contributed by atoms with Crippen molar-refractivity contribution in [3.05, 3.63) is 0 Å². The van der Waals surface area contributed by atoms with Crippen LogP contribution in [0.25, 0.3) is 0 Å². The van der Waals surface area contributed by atoms with Gasteiger partial charge >= 0.3 is 17.1 Å². The molecular formula is C34H68CuN2S4. The van der Waals surface area contributed by atoms with Gasteiger partial charge in [0.1, 0.15) is 0 Å². The smallest absolute Gasteiger partial charge is 0.412 e. The standard InChI is InChI=1S/2C17H35NS2.Cu/c2*1-2-3-4-5-6-7-8-9-10-11-12-13-14-15-16-18-17(19)20;/h2*2-16H2,1H3,(H2,18,19,20);/q;;+2/p-2. The van der Waals surface area contributed by atoms with Gasteiger partial charge in [0.25, 0.3) is 0 Å². The van der Waals surface area contributed by atoms with Gasteiger partial charge in [0, 0.05) is 13.1 Å². The minimum atomic E-state index is 0. The normalized spacial score (nSPS) is 10.4. The number of rotatable bonds is 30. The number of hydrogen-bond acceptors (Lipinski definition) is 4. The Bertz CT molecular complexity index is 465. The van der Waals surface area contributed by atoms with Crippen LogP contribution in [0.2, 0.25) is 0 Å². The summed E-state index contributed by atoms with van der Waals surface area (Å²) in [6, 6.07) is 0. The molecule has 0 aromatic heterocycles. The molecule has 0 aliphatic heterocycles. The molecule has 2 nitrogen and oxygen atoms in total. The molecule has 0 aliphatic rings. The molecule has 0 heterocycles. The monoisotopic (exact) mass is 695 g/mol. The van der Waals surface area contributed by atoms with Gasteiger partial charge in [0.05, 0.1) is 0 Å². The van der Waals surface area contributed by atoms with Crippen LogP contribution in [-0.2, 0) is 42.3 Å². The van der Waals surface area contributed by atoms with E-state index in [9.17, 15) is 0 Å². The van der Waals surface area contributed by atoms with E-state index in [1.165, 1.54) is 180 Å². The van der Waals surface area contributed by atoms with E-state index in [4.69, 9.17) is 49.7 Å². The zero-order valence-electron chi connectivity index (χ0n) is 27.1. The van der Waals surface area contributed by atoms with Gasteiger partial charge in [-0.2, -0.15) is 0 Å². The summed E-state index contributed by atoms with van der Waals surface area (Å²) in [7, 11) is 0. The van der Waals surface area contributed by atoms with Crippen molar-refractivity contribution in [3.63, 3.8) is 0 Å². The first-order valence-electron chi connectivity index (χ1n) is 17.4. The molecule has 0 unspecified atom stereocenters. The Morgan fingerprint density at radius 3 is 0.707 bits per heavy atom. The van der Waals surface area contributed by atoms with Gasteiger partial charge in [-0.05, 0) is 12.8 Å². The third-order valence-electron chi connectivity index (χ3n) is 7.60. The Hall–Kier alpha value is 0.739. The van der Waals surface area contributed by atoms with Crippen LogP contribution in [-0.4, -0.2) is 21.7 Å². The van der Waals surface area contributed by atoms with Crippen LogP contribution in [0.15, 0.2) is 0 Å². The third-order valence-corrected chi connectivity index (χ3v) is 8.18. The second-order valence-electron chi connectivity index (χ2n) is 11.6. The second-order valence-corrected chi connectivity index (χ2v) is 13.8. The summed E-state index contributed by atoms with van der Waals surface area (Å²) < 4.78 is 1.03. The molecular weight excluding hydrogens is 628 g/mol. The van der Waals surface area contributed by atoms with Gasteiger partial charge in [-0.15, -0.1) is 0 Å². The quantitative estimate of drug-likeness (QED) is 0.0336. The van der Waals surface area contributed by atoms with Crippen molar-refractivity contribution in [1.82, 2.24) is 10.6 Å². The van der Waals surface area contributed by atoms with Crippen LogP contribution < -0.4 is 10.6 Å². The van der Waals surface area contributed by atoms with Crippen molar-refractivity contribution in [3.8, 4) is 0 Å². The van der Waals surface area contributed by atoms with Crippen LogP contribution in [0.4, 0.5) is 0 Å². The van der Waals surface area contributed by atoms with Gasteiger partial charge < -0.3 is 60.3 Å². The molecule has 2 N–H and O–H groups in total. The Labute approximate surface area is 291 Å². The first kappa shape index (κ1) is 46.2. The SMILES string of the molecule is CCCCCCCCCCCCCCCCNC(=S)[S-].CCCCCCCCCCCCCCCCNC(=S)[S-].[Cu+2]. The molecule has 249 valence electrons. The van der Waals surface area contributed by atoms with Crippen LogP contribution >= 0.6 is 24.4 Å². The molecule has 1 radical (unpaired) electrons. The fourth-order valence-electron chi connectivity index (χ4n) is 5.02. The summed E-state index contributed by atoms with van der Waals surface area (Å²) in [6.45, 7) is 6.48. The maximum Gasteiger partial charge on any atom is 2.00 e. The topological polar surface area (TPSA) is 24.1 Å². The number of thiocarbonyl (C=S) groups is 2. The van der Waals surface area contributed by atoms with E-state index >= 15 is 0 Å². The van der Waals surface area contributed by atoms with Crippen molar-refractivity contribution in [2.45, 2.75) is 194 Å². The van der Waals surface area contributed by atoms with Crippen molar-refractivity contribution in [1.29, 1.82) is 0 Å². The molecule has 0 aromatic carbocycles. The minimum absolute atomic E-state index is 0. The van der Waals surface area contributed by atoms with E-state index in [2.05, 4.69) is 24.5 Å². The van der Waals surface area contributed by atoms with E-state index < -0.39 is 0 Å². The maximum absolute atomic E-state index is 4.80. The van der Waals surface area contributed by atoms with Crippen molar-refractivity contribution < 1.29 is 17.1 Å². The molecule has 0 aromatic rings. The Kier molecular flexibility index (Phi) is 48.3. The van der Waals surface area contributed by atoms with E-state index in [-0.39, 0.29) is 17.1 Å². The fourth-order valence-corrected chi connectivity index (χ4v) is 5.43. The molecule has 0 spiro atoms. The number of hydrogen-bond donors (Lipinski definition) is 2. The van der Waals surface area contributed by atoms with Crippen molar-refractivity contribution in [2.75, 3.05) is 13.1 Å². The molecule has 0 aliphatic carbocycles. The fraction of sp³-hybridized carbons (Fsp3) is 0.941. The predicted molar refractivity (Wildman–Crippen MR) is 197 cm³/mol. The van der Waals surface area contributed by atoms with Gasteiger partial charge in [-0.1, -0.05) is 189 Å². The van der Waals surface area contributed by atoms with Gasteiger partial charge in [-0.25, -0.2) is 0 Å². The van der Waals surface area contributed by atoms with Crippen LogP contribution in [0, 0.1) is 0 Å². The van der Waals surface area contributed by atoms with E-state index in [0.29, 0.717) is 8.64 Å². The molecule has 0 fully saturated rings. The van der Waals surface area contributed by atoms with Crippen LogP contribution in [0.3, 0.4) is 0 Å². The average Bonchev–Trinajstić information content (AvgIpc) is 2.93. The summed E-state index contributed by atoms with van der Waals surface area (Å²) in [5.74, 6) is 0. The van der Waals surface area contributed by atoms with Gasteiger partial charge in [0.15, 0.2) is 0 Å². The summed E-state index contributed by atoms with van der Waals surface area (Å²) in [4.78, 5) is 0. The molecule has 0 bridgehead atoms. The maximum atomic E-state index is 4.80. The van der Waals surface area contributed by atoms with Gasteiger partial charge in [0.2, 0.25) is 0 Å². The van der Waals surface area contributed by atoms with E-state index in [1.54, 1.807) is 0 Å². The summed E-state index contributed by atoms with van der Waals surface area (Å²) in [5, 5.41) is 6.07. The van der Waals surface area contributed by atoms with E-state index in [1.807, 2.05) is 0 Å². The number of nitrogens with one attached hydrogen (secondary N) is 2. The Balaban J connectivity index is -0.000000688. The first-order valence-corrected chi connectivity index (χ1v) is 19.1. The zero-order valence-corrected chi connectivity index (χ0v) is 31.4. The zero-order chi connectivity index (χ0) is 29.8. The largest absolute Gasteiger partial charge is 2.00 e. The van der Waals surface area contributed by atoms with E-state index in [0.717, 1.165) is 13.1 Å². The Morgan fingerprint density at radius 1 is 0.366 bits per heavy atom. The summed E-state index contributed by atoms with van der Waals surface area (Å²) in [6.07, 6.45) is 39.2. The van der Waals surface area contributed by atoms with Crippen LogP contribution in [0.5, 0.6) is 0 Å². The molecule has 0 atom stereocenters. The van der Waals surface area contributed by atoms with Crippen molar-refractivity contribution in [2.24, 2.45) is 0 Å². The van der Waals surface area contributed by atoms with Crippen LogP contribution in [0.1, 0.15) is 194 Å². The summed E-state index contributed by atoms with van der Waals surface area (Å²) >= 11 is 19.2. The Morgan fingerprint density at radius 2 is 0.537 bits per heavy atom. The molecule has 7 heteroatoms. The average molecular weight is 697 g/mol. The summed E-state index contributed by atoms with van der Waals surface area (Å²) in [5.41, 5.74) is 0. The minimum Gasteiger partial charge on any atom is -0.412 e. The second kappa shape index (κ2) is 42.9. The van der Waals surface area contributed by atoms with Gasteiger partial charge in [-0.3, -0.25) is 0 Å². The van der Waals surface area contributed by atoms with Crippen molar-refractivity contribution >= 4 is 58.3 Å². The first-order chi connectivity index (χ1) is 19.5. The number of unbranched alkanes of at least 4 members (excludes halogenated alkanes) is 26.